The molecule has 96 valence electrons. The predicted octanol–water partition coefficient (Wildman–Crippen LogP) is 2.81. The SMILES string of the molecule is CCC1(CC)CC(CO)C(CC)(CC)N1O. The molecular formula is C13H27NO2. The van der Waals surface area contributed by atoms with E-state index in [0.717, 1.165) is 32.1 Å². The topological polar surface area (TPSA) is 43.7 Å². The maximum absolute atomic E-state index is 10.6. The average Bonchev–Trinajstić information content (AvgIpc) is 2.59. The van der Waals surface area contributed by atoms with Crippen molar-refractivity contribution in [3.8, 4) is 0 Å². The van der Waals surface area contributed by atoms with Crippen LogP contribution in [0, 0.1) is 5.92 Å². The van der Waals surface area contributed by atoms with E-state index in [1.165, 1.54) is 0 Å². The van der Waals surface area contributed by atoms with Gasteiger partial charge in [-0.2, -0.15) is 5.06 Å². The zero-order valence-electron chi connectivity index (χ0n) is 11.2. The molecule has 3 heteroatoms. The Morgan fingerprint density at radius 1 is 1.06 bits per heavy atom. The standard InChI is InChI=1S/C13H27NO2/c1-5-12(6-2)9-11(10-15)13(7-3,8-4)14(12)16/h11,15-16H,5-10H2,1-4H3. The molecule has 0 aromatic heterocycles. The Bertz CT molecular complexity index is 222. The van der Waals surface area contributed by atoms with Gasteiger partial charge in [0.2, 0.25) is 0 Å². The molecule has 1 aliphatic rings. The van der Waals surface area contributed by atoms with Gasteiger partial charge in [0.05, 0.1) is 5.54 Å². The molecule has 0 saturated carbocycles. The number of hydroxylamine groups is 2. The fourth-order valence-corrected chi connectivity index (χ4v) is 3.58. The molecule has 3 nitrogen and oxygen atoms in total. The number of aliphatic hydroxyl groups is 1. The summed E-state index contributed by atoms with van der Waals surface area (Å²) in [5, 5.41) is 21.7. The number of hydrogen-bond donors (Lipinski definition) is 2. The normalized spacial score (nSPS) is 28.5. The van der Waals surface area contributed by atoms with E-state index in [2.05, 4.69) is 27.7 Å². The molecule has 0 aromatic rings. The van der Waals surface area contributed by atoms with Crippen molar-refractivity contribution in [1.82, 2.24) is 5.06 Å². The number of nitrogens with zero attached hydrogens (tertiary/aromatic N) is 1. The van der Waals surface area contributed by atoms with Crippen molar-refractivity contribution in [1.29, 1.82) is 0 Å². The molecule has 1 unspecified atom stereocenters. The molecule has 0 aliphatic carbocycles. The van der Waals surface area contributed by atoms with Gasteiger partial charge >= 0.3 is 0 Å². The van der Waals surface area contributed by atoms with E-state index < -0.39 is 0 Å². The molecular weight excluding hydrogens is 202 g/mol. The Morgan fingerprint density at radius 3 is 1.81 bits per heavy atom. The smallest absolute Gasteiger partial charge is 0.0512 e. The van der Waals surface area contributed by atoms with Crippen molar-refractivity contribution in [2.45, 2.75) is 70.9 Å². The molecule has 0 spiro atoms. The van der Waals surface area contributed by atoms with Gasteiger partial charge in [-0.15, -0.1) is 0 Å². The first kappa shape index (κ1) is 13.9. The summed E-state index contributed by atoms with van der Waals surface area (Å²) in [5.41, 5.74) is -0.347. The summed E-state index contributed by atoms with van der Waals surface area (Å²) in [6.45, 7) is 8.65. The van der Waals surface area contributed by atoms with Crippen molar-refractivity contribution in [3.05, 3.63) is 0 Å². The Hall–Kier alpha value is -0.120. The van der Waals surface area contributed by atoms with Crippen LogP contribution in [0.2, 0.25) is 0 Å². The minimum atomic E-state index is -0.221. The minimum absolute atomic E-state index is 0.126. The van der Waals surface area contributed by atoms with Crippen molar-refractivity contribution in [2.24, 2.45) is 5.92 Å². The Balaban J connectivity index is 3.09. The van der Waals surface area contributed by atoms with E-state index >= 15 is 0 Å². The molecule has 1 rings (SSSR count). The first-order chi connectivity index (χ1) is 7.56. The highest BCUT2D eigenvalue weighted by Gasteiger charge is 2.56. The van der Waals surface area contributed by atoms with E-state index in [1.807, 2.05) is 0 Å². The highest BCUT2D eigenvalue weighted by molar-refractivity contribution is 5.07. The Morgan fingerprint density at radius 2 is 1.56 bits per heavy atom. The molecule has 1 heterocycles. The van der Waals surface area contributed by atoms with Gasteiger partial charge < -0.3 is 10.3 Å². The minimum Gasteiger partial charge on any atom is -0.396 e. The third-order valence-corrected chi connectivity index (χ3v) is 5.02. The molecule has 1 atom stereocenters. The summed E-state index contributed by atoms with van der Waals surface area (Å²) in [5.74, 6) is 0.201. The molecule has 0 radical (unpaired) electrons. The Labute approximate surface area is 99.4 Å². The first-order valence-corrected chi connectivity index (χ1v) is 6.66. The van der Waals surface area contributed by atoms with Crippen LogP contribution in [0.15, 0.2) is 0 Å². The van der Waals surface area contributed by atoms with Crippen LogP contribution in [-0.4, -0.2) is 33.1 Å². The highest BCUT2D eigenvalue weighted by Crippen LogP contribution is 2.50. The maximum atomic E-state index is 10.6. The van der Waals surface area contributed by atoms with Crippen LogP contribution in [0.5, 0.6) is 0 Å². The van der Waals surface area contributed by atoms with Gasteiger partial charge in [0.25, 0.3) is 0 Å². The number of aliphatic hydroxyl groups excluding tert-OH is 1. The van der Waals surface area contributed by atoms with Crippen LogP contribution in [0.4, 0.5) is 0 Å². The third kappa shape index (κ3) is 1.69. The lowest BCUT2D eigenvalue weighted by Crippen LogP contribution is -2.53. The van der Waals surface area contributed by atoms with Gasteiger partial charge in [-0.25, -0.2) is 0 Å². The fraction of sp³-hybridized carbons (Fsp3) is 1.00. The number of hydrogen-bond acceptors (Lipinski definition) is 3. The summed E-state index contributed by atoms with van der Waals surface area (Å²) in [4.78, 5) is 0. The number of rotatable bonds is 5. The van der Waals surface area contributed by atoms with E-state index in [9.17, 15) is 10.3 Å². The van der Waals surface area contributed by atoms with Gasteiger partial charge in [0.15, 0.2) is 0 Å². The van der Waals surface area contributed by atoms with Crippen LogP contribution in [0.1, 0.15) is 59.8 Å². The largest absolute Gasteiger partial charge is 0.396 e. The second-order valence-electron chi connectivity index (χ2n) is 5.14. The van der Waals surface area contributed by atoms with Crippen LogP contribution in [0.25, 0.3) is 0 Å². The molecule has 2 N–H and O–H groups in total. The summed E-state index contributed by atoms with van der Waals surface area (Å²) >= 11 is 0. The Kier molecular flexibility index (Phi) is 4.38. The van der Waals surface area contributed by atoms with E-state index in [-0.39, 0.29) is 23.6 Å². The lowest BCUT2D eigenvalue weighted by molar-refractivity contribution is -0.222. The van der Waals surface area contributed by atoms with Gasteiger partial charge in [-0.05, 0) is 32.1 Å². The second kappa shape index (κ2) is 5.03. The summed E-state index contributed by atoms with van der Waals surface area (Å²) in [7, 11) is 0. The van der Waals surface area contributed by atoms with Crippen molar-refractivity contribution >= 4 is 0 Å². The first-order valence-electron chi connectivity index (χ1n) is 6.66. The summed E-state index contributed by atoms with van der Waals surface area (Å²) in [6, 6.07) is 0. The highest BCUT2D eigenvalue weighted by atomic mass is 16.5. The lowest BCUT2D eigenvalue weighted by atomic mass is 9.80. The zero-order valence-corrected chi connectivity index (χ0v) is 11.2. The average molecular weight is 229 g/mol. The lowest BCUT2D eigenvalue weighted by Gasteiger charge is -2.42. The molecule has 1 saturated heterocycles. The van der Waals surface area contributed by atoms with Gasteiger partial charge in [-0.3, -0.25) is 0 Å². The van der Waals surface area contributed by atoms with Crippen LogP contribution in [-0.2, 0) is 0 Å². The predicted molar refractivity (Wildman–Crippen MR) is 65.4 cm³/mol. The third-order valence-electron chi connectivity index (χ3n) is 5.02. The van der Waals surface area contributed by atoms with Crippen LogP contribution < -0.4 is 0 Å². The van der Waals surface area contributed by atoms with Crippen LogP contribution >= 0.6 is 0 Å². The van der Waals surface area contributed by atoms with Gasteiger partial charge in [0.1, 0.15) is 0 Å². The van der Waals surface area contributed by atoms with Crippen molar-refractivity contribution in [3.63, 3.8) is 0 Å². The molecule has 1 fully saturated rings. The zero-order chi connectivity index (χ0) is 12.4. The fourth-order valence-electron chi connectivity index (χ4n) is 3.58. The molecule has 0 amide bonds. The second-order valence-corrected chi connectivity index (χ2v) is 5.14. The summed E-state index contributed by atoms with van der Waals surface area (Å²) in [6.07, 6.45) is 4.59. The van der Waals surface area contributed by atoms with Crippen molar-refractivity contribution in [2.75, 3.05) is 6.61 Å². The van der Waals surface area contributed by atoms with E-state index in [0.29, 0.717) is 0 Å². The monoisotopic (exact) mass is 229 g/mol. The van der Waals surface area contributed by atoms with Gasteiger partial charge in [0, 0.05) is 18.1 Å². The van der Waals surface area contributed by atoms with Gasteiger partial charge in [-0.1, -0.05) is 27.7 Å². The van der Waals surface area contributed by atoms with E-state index in [1.54, 1.807) is 5.06 Å². The quantitative estimate of drug-likeness (QED) is 0.762. The molecule has 16 heavy (non-hydrogen) atoms. The van der Waals surface area contributed by atoms with E-state index in [4.69, 9.17) is 0 Å². The molecule has 0 aromatic carbocycles. The van der Waals surface area contributed by atoms with Crippen molar-refractivity contribution < 1.29 is 10.3 Å². The maximum Gasteiger partial charge on any atom is 0.0512 e. The molecule has 1 aliphatic heterocycles. The summed E-state index contributed by atoms with van der Waals surface area (Å²) < 4.78 is 0. The van der Waals surface area contributed by atoms with Crippen LogP contribution in [0.3, 0.4) is 0 Å². The molecule has 0 bridgehead atoms.